The molecule has 5 heteroatoms. The molecule has 0 fully saturated rings. The van der Waals surface area contributed by atoms with Gasteiger partial charge in [-0.3, -0.25) is 4.79 Å². The molecule has 0 spiro atoms. The van der Waals surface area contributed by atoms with E-state index in [1.54, 1.807) is 6.07 Å². The minimum atomic E-state index is -0.516. The molecule has 0 saturated carbocycles. The fraction of sp³-hybridized carbons (Fsp3) is 0.533. The summed E-state index contributed by atoms with van der Waals surface area (Å²) in [6, 6.07) is 4.34. The lowest BCUT2D eigenvalue weighted by Crippen LogP contribution is -2.40. The molecule has 0 bridgehead atoms. The quantitative estimate of drug-likeness (QED) is 0.863. The van der Waals surface area contributed by atoms with Crippen LogP contribution in [0.1, 0.15) is 25.3 Å². The van der Waals surface area contributed by atoms with Crippen LogP contribution in [0, 0.1) is 11.7 Å². The first-order valence-corrected chi connectivity index (χ1v) is 6.97. The molecule has 0 saturated heterocycles. The van der Waals surface area contributed by atoms with Gasteiger partial charge in [0.25, 0.3) is 0 Å². The number of aliphatic hydroxyl groups is 1. The molecule has 1 aliphatic rings. The zero-order valence-electron chi connectivity index (χ0n) is 11.6. The first-order chi connectivity index (χ1) is 9.60. The van der Waals surface area contributed by atoms with Crippen LogP contribution in [0.2, 0.25) is 0 Å². The van der Waals surface area contributed by atoms with Crippen LogP contribution in [-0.2, 0) is 11.2 Å². The fourth-order valence-electron chi connectivity index (χ4n) is 2.33. The van der Waals surface area contributed by atoms with Gasteiger partial charge in [-0.05, 0) is 36.6 Å². The molecule has 20 heavy (non-hydrogen) atoms. The Balaban J connectivity index is 1.90. The van der Waals surface area contributed by atoms with Gasteiger partial charge in [0.2, 0.25) is 5.91 Å². The number of benzene rings is 1. The molecule has 1 aliphatic heterocycles. The number of hydrogen-bond donors (Lipinski definition) is 2. The number of fused-ring (bicyclic) bond motifs is 1. The molecule has 2 rings (SSSR count). The van der Waals surface area contributed by atoms with E-state index in [-0.39, 0.29) is 30.8 Å². The van der Waals surface area contributed by atoms with Crippen LogP contribution in [-0.4, -0.2) is 30.3 Å². The van der Waals surface area contributed by atoms with Crippen molar-refractivity contribution in [3.05, 3.63) is 29.6 Å². The summed E-state index contributed by atoms with van der Waals surface area (Å²) in [5.74, 6) is -0.179. The van der Waals surface area contributed by atoms with Gasteiger partial charge in [-0.25, -0.2) is 4.39 Å². The molecule has 0 aliphatic carbocycles. The van der Waals surface area contributed by atoms with Crippen LogP contribution < -0.4 is 10.1 Å². The van der Waals surface area contributed by atoms with E-state index in [9.17, 15) is 14.3 Å². The number of carbonyl (C=O) groups is 1. The van der Waals surface area contributed by atoms with Crippen molar-refractivity contribution in [3.8, 4) is 5.75 Å². The standard InChI is InChI=1S/C15H20FNO3/c1-2-3-13(18)8-17-15(19)11-6-10-7-12(16)4-5-14(10)20-9-11/h4-5,7,11,13,18H,2-3,6,8-9H2,1H3,(H,17,19). The summed E-state index contributed by atoms with van der Waals surface area (Å²) in [5, 5.41) is 12.3. The Kier molecular flexibility index (Phi) is 4.95. The van der Waals surface area contributed by atoms with E-state index in [4.69, 9.17) is 4.74 Å². The molecule has 2 N–H and O–H groups in total. The molecule has 1 heterocycles. The van der Waals surface area contributed by atoms with Gasteiger partial charge in [-0.15, -0.1) is 0 Å². The third-order valence-electron chi connectivity index (χ3n) is 3.43. The van der Waals surface area contributed by atoms with Crippen LogP contribution in [0.5, 0.6) is 5.75 Å². The fourth-order valence-corrected chi connectivity index (χ4v) is 2.33. The molecule has 0 radical (unpaired) electrons. The van der Waals surface area contributed by atoms with Gasteiger partial charge >= 0.3 is 0 Å². The van der Waals surface area contributed by atoms with E-state index in [1.165, 1.54) is 12.1 Å². The average Bonchev–Trinajstić information content (AvgIpc) is 2.44. The van der Waals surface area contributed by atoms with Gasteiger partial charge < -0.3 is 15.2 Å². The van der Waals surface area contributed by atoms with E-state index in [0.717, 1.165) is 6.42 Å². The summed E-state index contributed by atoms with van der Waals surface area (Å²) in [5.41, 5.74) is 0.713. The van der Waals surface area contributed by atoms with Gasteiger partial charge in [-0.1, -0.05) is 13.3 Å². The van der Waals surface area contributed by atoms with Crippen molar-refractivity contribution in [2.24, 2.45) is 5.92 Å². The van der Waals surface area contributed by atoms with Gasteiger partial charge in [-0.2, -0.15) is 0 Å². The van der Waals surface area contributed by atoms with Crippen LogP contribution in [0.4, 0.5) is 4.39 Å². The maximum atomic E-state index is 13.2. The normalized spacial score (nSPS) is 18.9. The number of nitrogens with one attached hydrogen (secondary N) is 1. The highest BCUT2D eigenvalue weighted by Gasteiger charge is 2.26. The smallest absolute Gasteiger partial charge is 0.226 e. The lowest BCUT2D eigenvalue weighted by atomic mass is 9.96. The molecular weight excluding hydrogens is 261 g/mol. The molecule has 2 atom stereocenters. The predicted octanol–water partition coefficient (Wildman–Crippen LogP) is 1.65. The lowest BCUT2D eigenvalue weighted by molar-refractivity contribution is -0.126. The Bertz CT molecular complexity index is 478. The second-order valence-corrected chi connectivity index (χ2v) is 5.15. The van der Waals surface area contributed by atoms with Crippen LogP contribution in [0.15, 0.2) is 18.2 Å². The minimum Gasteiger partial charge on any atom is -0.492 e. The zero-order chi connectivity index (χ0) is 14.5. The highest BCUT2D eigenvalue weighted by molar-refractivity contribution is 5.79. The first-order valence-electron chi connectivity index (χ1n) is 6.97. The maximum absolute atomic E-state index is 13.2. The Morgan fingerprint density at radius 1 is 1.60 bits per heavy atom. The largest absolute Gasteiger partial charge is 0.492 e. The Morgan fingerprint density at radius 3 is 3.15 bits per heavy atom. The van der Waals surface area contributed by atoms with E-state index in [0.29, 0.717) is 24.2 Å². The minimum absolute atomic E-state index is 0.157. The summed E-state index contributed by atoms with van der Waals surface area (Å²) < 4.78 is 18.6. The Hall–Kier alpha value is -1.62. The third-order valence-corrected chi connectivity index (χ3v) is 3.43. The summed E-state index contributed by atoms with van der Waals surface area (Å²) in [7, 11) is 0. The molecule has 110 valence electrons. The van der Waals surface area contributed by atoms with Crippen molar-refractivity contribution in [2.75, 3.05) is 13.2 Å². The molecular formula is C15H20FNO3. The van der Waals surface area contributed by atoms with Crippen LogP contribution in [0.3, 0.4) is 0 Å². The molecule has 1 amide bonds. The van der Waals surface area contributed by atoms with Crippen molar-refractivity contribution < 1.29 is 19.0 Å². The number of rotatable bonds is 5. The summed E-state index contributed by atoms with van der Waals surface area (Å²) in [6.45, 7) is 2.51. The topological polar surface area (TPSA) is 58.6 Å². The van der Waals surface area contributed by atoms with E-state index in [2.05, 4.69) is 5.32 Å². The van der Waals surface area contributed by atoms with Crippen molar-refractivity contribution in [1.29, 1.82) is 0 Å². The van der Waals surface area contributed by atoms with Gasteiger partial charge in [0, 0.05) is 6.54 Å². The second kappa shape index (κ2) is 6.70. The predicted molar refractivity (Wildman–Crippen MR) is 73.0 cm³/mol. The second-order valence-electron chi connectivity index (χ2n) is 5.15. The highest BCUT2D eigenvalue weighted by Crippen LogP contribution is 2.27. The Labute approximate surface area is 117 Å². The number of amides is 1. The maximum Gasteiger partial charge on any atom is 0.226 e. The first kappa shape index (κ1) is 14.8. The number of halogens is 1. The van der Waals surface area contributed by atoms with Crippen molar-refractivity contribution in [2.45, 2.75) is 32.3 Å². The molecule has 1 aromatic carbocycles. The van der Waals surface area contributed by atoms with E-state index < -0.39 is 6.10 Å². The highest BCUT2D eigenvalue weighted by atomic mass is 19.1. The van der Waals surface area contributed by atoms with Gasteiger partial charge in [0.1, 0.15) is 18.2 Å². The summed E-state index contributed by atoms with van der Waals surface area (Å²) in [6.07, 6.45) is 1.48. The number of ether oxygens (including phenoxy) is 1. The number of carbonyl (C=O) groups excluding carboxylic acids is 1. The summed E-state index contributed by atoms with van der Waals surface area (Å²) in [4.78, 5) is 12.0. The Morgan fingerprint density at radius 2 is 2.40 bits per heavy atom. The van der Waals surface area contributed by atoms with Gasteiger partial charge in [0.05, 0.1) is 12.0 Å². The van der Waals surface area contributed by atoms with Crippen molar-refractivity contribution in [3.63, 3.8) is 0 Å². The average molecular weight is 281 g/mol. The van der Waals surface area contributed by atoms with Crippen LogP contribution >= 0.6 is 0 Å². The van der Waals surface area contributed by atoms with Crippen LogP contribution in [0.25, 0.3) is 0 Å². The molecule has 0 aromatic heterocycles. The van der Waals surface area contributed by atoms with E-state index >= 15 is 0 Å². The van der Waals surface area contributed by atoms with E-state index in [1.807, 2.05) is 6.92 Å². The molecule has 4 nitrogen and oxygen atoms in total. The monoisotopic (exact) mass is 281 g/mol. The SMILES string of the molecule is CCCC(O)CNC(=O)C1COc2ccc(F)cc2C1. The van der Waals surface area contributed by atoms with Gasteiger partial charge in [0.15, 0.2) is 0 Å². The molecule has 1 aromatic rings. The van der Waals surface area contributed by atoms with Crippen molar-refractivity contribution in [1.82, 2.24) is 5.32 Å². The lowest BCUT2D eigenvalue weighted by Gasteiger charge is -2.25. The zero-order valence-corrected chi connectivity index (χ0v) is 11.6. The number of aliphatic hydroxyl groups excluding tert-OH is 1. The summed E-state index contributed by atoms with van der Waals surface area (Å²) >= 11 is 0. The third kappa shape index (κ3) is 3.70. The molecule has 2 unspecified atom stereocenters. The number of hydrogen-bond acceptors (Lipinski definition) is 3. The van der Waals surface area contributed by atoms with Crippen molar-refractivity contribution >= 4 is 5.91 Å².